The van der Waals surface area contributed by atoms with Gasteiger partial charge in [0.25, 0.3) is 11.8 Å². The largest absolute Gasteiger partial charge is 0.477 e. The van der Waals surface area contributed by atoms with E-state index >= 15 is 0 Å². The second kappa shape index (κ2) is 12.3. The summed E-state index contributed by atoms with van der Waals surface area (Å²) in [6.07, 6.45) is 0.798. The summed E-state index contributed by atoms with van der Waals surface area (Å²) >= 11 is 3.51. The van der Waals surface area contributed by atoms with Crippen LogP contribution in [0.15, 0.2) is 21.4 Å². The first-order chi connectivity index (χ1) is 18.7. The van der Waals surface area contributed by atoms with Crippen LogP contribution in [0.25, 0.3) is 0 Å². The minimum Gasteiger partial charge on any atom is -0.477 e. The molecule has 7 N–H and O–H groups in total. The minimum absolute atomic E-state index is 0.0376. The Morgan fingerprint density at radius 2 is 2.15 bits per heavy atom. The molecule has 1 aromatic rings. The summed E-state index contributed by atoms with van der Waals surface area (Å²) < 4.78 is 3.98. The minimum atomic E-state index is -1.24. The Morgan fingerprint density at radius 1 is 1.38 bits per heavy atom. The van der Waals surface area contributed by atoms with Crippen LogP contribution in [-0.4, -0.2) is 101 Å². The number of amides is 2. The number of nitrogens with zero attached hydrogens (tertiary/aromatic N) is 6. The first kappa shape index (κ1) is 28.8. The molecule has 0 bridgehead atoms. The fourth-order valence-corrected chi connectivity index (χ4v) is 7.11. The van der Waals surface area contributed by atoms with Crippen molar-refractivity contribution in [1.82, 2.24) is 24.5 Å². The quantitative estimate of drug-likeness (QED) is 0.137. The van der Waals surface area contributed by atoms with E-state index in [0.717, 1.165) is 18.0 Å². The van der Waals surface area contributed by atoms with Crippen molar-refractivity contribution in [3.63, 3.8) is 0 Å². The lowest BCUT2D eigenvalue weighted by molar-refractivity contribution is -0.150. The Hall–Kier alpha value is -3.22. The van der Waals surface area contributed by atoms with Crippen LogP contribution in [0.5, 0.6) is 0 Å². The van der Waals surface area contributed by atoms with Gasteiger partial charge in [0.2, 0.25) is 11.5 Å². The highest BCUT2D eigenvalue weighted by atomic mass is 32.2. The molecule has 15 nitrogen and oxygen atoms in total. The molecule has 39 heavy (non-hydrogen) atoms. The van der Waals surface area contributed by atoms with Crippen molar-refractivity contribution in [2.75, 3.05) is 30.4 Å². The van der Waals surface area contributed by atoms with Crippen LogP contribution in [0, 0.1) is 5.41 Å². The van der Waals surface area contributed by atoms with Gasteiger partial charge in [0.05, 0.1) is 6.17 Å². The van der Waals surface area contributed by atoms with Crippen molar-refractivity contribution in [1.29, 1.82) is 5.41 Å². The number of nitrogens with two attached hydrogens (primary N) is 2. The number of aliphatic imine (C=N–C) groups is 1. The number of aliphatic carboxylic acids is 1. The molecule has 3 aliphatic heterocycles. The van der Waals surface area contributed by atoms with Crippen LogP contribution in [0.1, 0.15) is 32.5 Å². The number of thioether (sulfide) groups is 2. The first-order valence-electron chi connectivity index (χ1n) is 12.0. The number of hydrogen-bond acceptors (Lipinski definition) is 14. The average Bonchev–Trinajstić information content (AvgIpc) is 3.32. The van der Waals surface area contributed by atoms with E-state index in [1.165, 1.54) is 28.4 Å². The highest BCUT2D eigenvalue weighted by Crippen LogP contribution is 2.41. The Balaban J connectivity index is 1.49. The first-order valence-corrected chi connectivity index (χ1v) is 14.8. The van der Waals surface area contributed by atoms with Crippen LogP contribution < -0.4 is 16.8 Å². The summed E-state index contributed by atoms with van der Waals surface area (Å²) in [6.45, 7) is 4.54. The SMILES string of the molecule is CCCN1C(SCC2=C(C(=O)O)N3C(=O)C(NC(=O)C(=NOCC)c4nsc(N)n4)[C@@H]3SC2)=NC(=N)CC1N. The number of anilines is 1. The van der Waals surface area contributed by atoms with Gasteiger partial charge < -0.3 is 31.6 Å². The van der Waals surface area contributed by atoms with Gasteiger partial charge in [0.1, 0.15) is 29.6 Å². The van der Waals surface area contributed by atoms with Crippen LogP contribution in [0.3, 0.4) is 0 Å². The summed E-state index contributed by atoms with van der Waals surface area (Å²) in [4.78, 5) is 54.7. The van der Waals surface area contributed by atoms with E-state index in [9.17, 15) is 19.5 Å². The number of amidine groups is 2. The molecule has 210 valence electrons. The van der Waals surface area contributed by atoms with E-state index in [1.807, 2.05) is 11.8 Å². The summed E-state index contributed by atoms with van der Waals surface area (Å²) in [7, 11) is 0. The molecule has 1 aromatic heterocycles. The zero-order chi connectivity index (χ0) is 28.3. The number of nitrogen functional groups attached to an aromatic ring is 1. The van der Waals surface area contributed by atoms with Crippen molar-refractivity contribution in [3.8, 4) is 0 Å². The smallest absolute Gasteiger partial charge is 0.352 e. The molecule has 1 saturated heterocycles. The van der Waals surface area contributed by atoms with Gasteiger partial charge in [-0.2, -0.15) is 9.36 Å². The number of carbonyl (C=O) groups is 3. The van der Waals surface area contributed by atoms with Crippen molar-refractivity contribution in [2.24, 2.45) is 15.9 Å². The van der Waals surface area contributed by atoms with Crippen molar-refractivity contribution >= 4 is 74.7 Å². The number of hydrogen-bond donors (Lipinski definition) is 5. The van der Waals surface area contributed by atoms with E-state index in [1.54, 1.807) is 6.92 Å². The number of aromatic nitrogens is 2. The monoisotopic (exact) mass is 596 g/mol. The summed E-state index contributed by atoms with van der Waals surface area (Å²) in [5.41, 5.74) is 12.0. The molecule has 0 spiro atoms. The van der Waals surface area contributed by atoms with Crippen molar-refractivity contribution in [2.45, 2.75) is 44.3 Å². The summed E-state index contributed by atoms with van der Waals surface area (Å²) in [6, 6.07) is -0.977. The fraction of sp³-hybridized carbons (Fsp3) is 0.524. The fourth-order valence-electron chi connectivity index (χ4n) is 4.09. The van der Waals surface area contributed by atoms with Crippen LogP contribution >= 0.6 is 35.1 Å². The Morgan fingerprint density at radius 3 is 2.79 bits per heavy atom. The molecule has 2 unspecified atom stereocenters. The molecular formula is C21H28N10O5S3. The van der Waals surface area contributed by atoms with Gasteiger partial charge in [-0.15, -0.1) is 11.8 Å². The van der Waals surface area contributed by atoms with Gasteiger partial charge in [-0.1, -0.05) is 23.8 Å². The summed E-state index contributed by atoms with van der Waals surface area (Å²) in [5, 5.41) is 24.4. The van der Waals surface area contributed by atoms with E-state index < -0.39 is 29.2 Å². The number of carboxylic acids is 1. The highest BCUT2D eigenvalue weighted by molar-refractivity contribution is 8.14. The van der Waals surface area contributed by atoms with E-state index in [2.05, 4.69) is 24.8 Å². The maximum atomic E-state index is 13.1. The Bertz CT molecular complexity index is 1260. The van der Waals surface area contributed by atoms with Gasteiger partial charge in [-0.25, -0.2) is 9.79 Å². The third-order valence-electron chi connectivity index (χ3n) is 5.81. The molecule has 3 aliphatic rings. The lowest BCUT2D eigenvalue weighted by Crippen LogP contribution is -2.71. The molecule has 2 amide bonds. The van der Waals surface area contributed by atoms with Crippen LogP contribution in [-0.2, 0) is 19.2 Å². The van der Waals surface area contributed by atoms with E-state index in [4.69, 9.17) is 21.7 Å². The number of carboxylic acid groups (broad SMARTS) is 1. The lowest BCUT2D eigenvalue weighted by Gasteiger charge is -2.49. The standard InChI is InChI=1S/C21H28N10O5S3/c1-3-5-30-11(23)6-10(22)25-21(30)38-8-9-7-37-18-13(17(33)31(18)14(9)19(34)35)26-16(32)12(28-36-4-2)15-27-20(24)39-29-15/h11,13,18,22H,3-8,23H2,1-2H3,(H,26,32)(H,34,35)(H2,24,27,29)/t11?,13?,18-/m0/s1. The second-order valence-electron chi connectivity index (χ2n) is 8.53. The third kappa shape index (κ3) is 6.02. The second-order valence-corrected chi connectivity index (χ2v) is 11.4. The lowest BCUT2D eigenvalue weighted by atomic mass is 10.0. The van der Waals surface area contributed by atoms with Crippen molar-refractivity contribution in [3.05, 3.63) is 17.1 Å². The number of nitrogens with one attached hydrogen (secondary N) is 2. The normalized spacial score (nSPS) is 23.3. The zero-order valence-corrected chi connectivity index (χ0v) is 23.6. The number of β-lactam (4-membered cyclic amide) rings is 1. The predicted octanol–water partition coefficient (Wildman–Crippen LogP) is 0.0665. The van der Waals surface area contributed by atoms with Gasteiger partial charge >= 0.3 is 5.97 Å². The molecule has 18 heteroatoms. The van der Waals surface area contributed by atoms with Crippen LogP contribution in [0.2, 0.25) is 0 Å². The molecule has 4 heterocycles. The predicted molar refractivity (Wildman–Crippen MR) is 149 cm³/mol. The number of oxime groups is 1. The molecule has 1 fully saturated rings. The average molecular weight is 597 g/mol. The molecular weight excluding hydrogens is 568 g/mol. The van der Waals surface area contributed by atoms with Gasteiger partial charge in [0, 0.05) is 36.0 Å². The Kier molecular flexibility index (Phi) is 9.08. The van der Waals surface area contributed by atoms with Gasteiger partial charge in [-0.3, -0.25) is 19.9 Å². The molecule has 3 atom stereocenters. The van der Waals surface area contributed by atoms with Gasteiger partial charge in [-0.05, 0) is 18.9 Å². The maximum absolute atomic E-state index is 13.1. The molecule has 0 aliphatic carbocycles. The highest BCUT2D eigenvalue weighted by Gasteiger charge is 2.54. The van der Waals surface area contributed by atoms with E-state index in [0.29, 0.717) is 29.5 Å². The van der Waals surface area contributed by atoms with Crippen LogP contribution in [0.4, 0.5) is 5.13 Å². The van der Waals surface area contributed by atoms with Crippen molar-refractivity contribution < 1.29 is 24.3 Å². The van der Waals surface area contributed by atoms with Gasteiger partial charge in [0.15, 0.2) is 10.3 Å². The number of fused-ring (bicyclic) bond motifs is 1. The molecule has 4 rings (SSSR count). The molecule has 0 radical (unpaired) electrons. The maximum Gasteiger partial charge on any atom is 0.352 e. The van der Waals surface area contributed by atoms with E-state index in [-0.39, 0.29) is 46.7 Å². The summed E-state index contributed by atoms with van der Waals surface area (Å²) in [5.74, 6) is -1.84. The Labute approximate surface area is 236 Å². The number of rotatable bonds is 10. The molecule has 0 saturated carbocycles. The molecule has 0 aromatic carbocycles. The number of carbonyl (C=O) groups excluding carboxylic acids is 2. The zero-order valence-electron chi connectivity index (χ0n) is 21.1. The topological polar surface area (TPSA) is 226 Å². The third-order valence-corrected chi connectivity index (χ3v) is 8.77.